The normalized spacial score (nSPS) is 20.7. The Kier molecular flexibility index (Phi) is 4.59. The van der Waals surface area contributed by atoms with Gasteiger partial charge in [-0.15, -0.1) is 0 Å². The van der Waals surface area contributed by atoms with Gasteiger partial charge < -0.3 is 10.0 Å². The van der Waals surface area contributed by atoms with Crippen molar-refractivity contribution in [2.45, 2.75) is 5.92 Å². The average molecular weight is 335 g/mol. The summed E-state index contributed by atoms with van der Waals surface area (Å²) in [7, 11) is 0. The van der Waals surface area contributed by atoms with Crippen molar-refractivity contribution in [3.63, 3.8) is 0 Å². The molecule has 1 amide bonds. The van der Waals surface area contributed by atoms with Crippen LogP contribution in [0.3, 0.4) is 0 Å². The highest BCUT2D eigenvalue weighted by Crippen LogP contribution is 2.33. The zero-order valence-corrected chi connectivity index (χ0v) is 13.1. The first-order chi connectivity index (χ1) is 11.1. The molecule has 1 N–H and O–H groups in total. The zero-order valence-electron chi connectivity index (χ0n) is 12.3. The first kappa shape index (κ1) is 15.9. The van der Waals surface area contributed by atoms with E-state index in [1.54, 1.807) is 11.1 Å². The van der Waals surface area contributed by atoms with Crippen molar-refractivity contribution >= 4 is 17.5 Å². The van der Waals surface area contributed by atoms with E-state index in [4.69, 9.17) is 11.6 Å². The van der Waals surface area contributed by atoms with E-state index in [2.05, 4.69) is 4.98 Å². The number of nitrogens with zero attached hydrogens (tertiary/aromatic N) is 2. The third-order valence-electron chi connectivity index (χ3n) is 4.19. The highest BCUT2D eigenvalue weighted by Gasteiger charge is 2.37. The molecule has 23 heavy (non-hydrogen) atoms. The number of hydrogen-bond acceptors (Lipinski definition) is 3. The summed E-state index contributed by atoms with van der Waals surface area (Å²) >= 11 is 6.02. The molecule has 0 bridgehead atoms. The van der Waals surface area contributed by atoms with Crippen molar-refractivity contribution in [2.24, 2.45) is 5.92 Å². The number of benzene rings is 1. The van der Waals surface area contributed by atoms with Crippen LogP contribution in [-0.4, -0.2) is 40.6 Å². The Balaban J connectivity index is 1.84. The number of amides is 1. The minimum Gasteiger partial charge on any atom is -0.396 e. The van der Waals surface area contributed by atoms with E-state index in [1.165, 1.54) is 12.1 Å². The van der Waals surface area contributed by atoms with Gasteiger partial charge in [-0.3, -0.25) is 9.78 Å². The number of hydrogen-bond donors (Lipinski definition) is 1. The van der Waals surface area contributed by atoms with Gasteiger partial charge in [0.2, 0.25) is 0 Å². The van der Waals surface area contributed by atoms with E-state index in [1.807, 2.05) is 18.2 Å². The summed E-state index contributed by atoms with van der Waals surface area (Å²) in [5.74, 6) is -0.970. The fraction of sp³-hybridized carbons (Fsp3) is 0.294. The molecular weight excluding hydrogens is 319 g/mol. The minimum absolute atomic E-state index is 0.0398. The Morgan fingerprint density at radius 1 is 1.35 bits per heavy atom. The summed E-state index contributed by atoms with van der Waals surface area (Å²) in [4.78, 5) is 18.6. The molecule has 2 atom stereocenters. The van der Waals surface area contributed by atoms with Gasteiger partial charge in [0.05, 0.1) is 10.6 Å². The van der Waals surface area contributed by atoms with E-state index >= 15 is 0 Å². The number of rotatable bonds is 3. The van der Waals surface area contributed by atoms with Gasteiger partial charge in [0.25, 0.3) is 5.91 Å². The molecule has 1 aromatic heterocycles. The average Bonchev–Trinajstić information content (AvgIpc) is 3.01. The molecule has 1 fully saturated rings. The maximum atomic E-state index is 13.4. The van der Waals surface area contributed by atoms with Crippen LogP contribution < -0.4 is 0 Å². The molecule has 0 spiro atoms. The number of aromatic nitrogens is 1. The molecule has 4 nitrogen and oxygen atoms in total. The topological polar surface area (TPSA) is 53.4 Å². The van der Waals surface area contributed by atoms with Crippen LogP contribution in [0.2, 0.25) is 5.02 Å². The predicted octanol–water partition coefficient (Wildman–Crippen LogP) is 2.72. The second-order valence-electron chi connectivity index (χ2n) is 5.64. The SMILES string of the molecule is O=C(c1cc(F)ccc1Cl)N1C[C@@H](CO)[C@H](c2ccccn2)C1. The molecule has 120 valence electrons. The monoisotopic (exact) mass is 334 g/mol. The van der Waals surface area contributed by atoms with E-state index in [0.29, 0.717) is 13.1 Å². The number of aliphatic hydroxyl groups is 1. The summed E-state index contributed by atoms with van der Waals surface area (Å²) in [5.41, 5.74) is 0.984. The largest absolute Gasteiger partial charge is 0.396 e. The van der Waals surface area contributed by atoms with Crippen LogP contribution in [0.4, 0.5) is 4.39 Å². The molecule has 0 aliphatic carbocycles. The lowest BCUT2D eigenvalue weighted by Gasteiger charge is -2.17. The number of carbonyl (C=O) groups excluding carboxylic acids is 1. The van der Waals surface area contributed by atoms with Crippen molar-refractivity contribution in [1.82, 2.24) is 9.88 Å². The Bertz CT molecular complexity index is 711. The zero-order chi connectivity index (χ0) is 16.4. The van der Waals surface area contributed by atoms with Crippen molar-refractivity contribution in [2.75, 3.05) is 19.7 Å². The van der Waals surface area contributed by atoms with Crippen LogP contribution in [0.5, 0.6) is 0 Å². The molecule has 0 radical (unpaired) electrons. The molecule has 3 rings (SSSR count). The standard InChI is InChI=1S/C17H16ClFN2O2/c18-15-5-4-12(19)7-13(15)17(23)21-8-11(10-22)14(9-21)16-3-1-2-6-20-16/h1-7,11,14,22H,8-10H2/t11-,14+/m0/s1. The van der Waals surface area contributed by atoms with E-state index in [-0.39, 0.29) is 34.9 Å². The first-order valence-corrected chi connectivity index (χ1v) is 7.74. The number of likely N-dealkylation sites (tertiary alicyclic amines) is 1. The summed E-state index contributed by atoms with van der Waals surface area (Å²) < 4.78 is 13.4. The van der Waals surface area contributed by atoms with Crippen molar-refractivity contribution in [1.29, 1.82) is 0 Å². The molecule has 1 aliphatic rings. The maximum absolute atomic E-state index is 13.4. The van der Waals surface area contributed by atoms with Crippen molar-refractivity contribution in [3.05, 3.63) is 64.7 Å². The van der Waals surface area contributed by atoms with Gasteiger partial charge >= 0.3 is 0 Å². The molecule has 1 aliphatic heterocycles. The highest BCUT2D eigenvalue weighted by atomic mass is 35.5. The Labute approximate surface area is 138 Å². The minimum atomic E-state index is -0.503. The molecule has 1 saturated heterocycles. The molecule has 6 heteroatoms. The van der Waals surface area contributed by atoms with Crippen LogP contribution in [0, 0.1) is 11.7 Å². The molecule has 0 unspecified atom stereocenters. The van der Waals surface area contributed by atoms with Gasteiger partial charge in [-0.1, -0.05) is 17.7 Å². The highest BCUT2D eigenvalue weighted by molar-refractivity contribution is 6.33. The van der Waals surface area contributed by atoms with Crippen molar-refractivity contribution in [3.8, 4) is 0 Å². The summed E-state index contributed by atoms with van der Waals surface area (Å²) in [5, 5.41) is 9.84. The summed E-state index contributed by atoms with van der Waals surface area (Å²) in [6.07, 6.45) is 1.69. The van der Waals surface area contributed by atoms with E-state index < -0.39 is 5.82 Å². The van der Waals surface area contributed by atoms with Gasteiger partial charge in [0.1, 0.15) is 5.82 Å². The lowest BCUT2D eigenvalue weighted by molar-refractivity contribution is 0.0781. The van der Waals surface area contributed by atoms with E-state index in [9.17, 15) is 14.3 Å². The maximum Gasteiger partial charge on any atom is 0.255 e. The predicted molar refractivity (Wildman–Crippen MR) is 84.9 cm³/mol. The molecule has 2 heterocycles. The Morgan fingerprint density at radius 3 is 2.87 bits per heavy atom. The molecule has 0 saturated carbocycles. The number of pyridine rings is 1. The van der Waals surface area contributed by atoms with E-state index in [0.717, 1.165) is 11.8 Å². The van der Waals surface area contributed by atoms with Gasteiger partial charge in [-0.25, -0.2) is 4.39 Å². The van der Waals surface area contributed by atoms with Gasteiger partial charge in [-0.2, -0.15) is 0 Å². The van der Waals surface area contributed by atoms with Crippen LogP contribution in [-0.2, 0) is 0 Å². The number of halogens is 2. The number of carbonyl (C=O) groups is 1. The smallest absolute Gasteiger partial charge is 0.255 e. The summed E-state index contributed by atoms with van der Waals surface area (Å²) in [6.45, 7) is 0.777. The second-order valence-corrected chi connectivity index (χ2v) is 6.05. The lowest BCUT2D eigenvalue weighted by Crippen LogP contribution is -2.29. The fourth-order valence-electron chi connectivity index (χ4n) is 2.98. The Hall–Kier alpha value is -1.98. The van der Waals surface area contributed by atoms with Crippen LogP contribution in [0.25, 0.3) is 0 Å². The summed E-state index contributed by atoms with van der Waals surface area (Å²) in [6, 6.07) is 9.33. The first-order valence-electron chi connectivity index (χ1n) is 7.36. The van der Waals surface area contributed by atoms with Gasteiger partial charge in [0, 0.05) is 43.4 Å². The third kappa shape index (κ3) is 3.21. The Morgan fingerprint density at radius 2 is 2.17 bits per heavy atom. The van der Waals surface area contributed by atoms with Gasteiger partial charge in [0.15, 0.2) is 0 Å². The third-order valence-corrected chi connectivity index (χ3v) is 4.52. The van der Waals surface area contributed by atoms with Crippen LogP contribution in [0.1, 0.15) is 22.0 Å². The molecule has 2 aromatic rings. The lowest BCUT2D eigenvalue weighted by atomic mass is 9.93. The molecule has 1 aromatic carbocycles. The van der Waals surface area contributed by atoms with Crippen LogP contribution >= 0.6 is 11.6 Å². The van der Waals surface area contributed by atoms with Crippen molar-refractivity contribution < 1.29 is 14.3 Å². The molecular formula is C17H16ClFN2O2. The quantitative estimate of drug-likeness (QED) is 0.939. The van der Waals surface area contributed by atoms with Gasteiger partial charge in [-0.05, 0) is 30.3 Å². The number of aliphatic hydroxyl groups excluding tert-OH is 1. The van der Waals surface area contributed by atoms with Crippen LogP contribution in [0.15, 0.2) is 42.6 Å². The second kappa shape index (κ2) is 6.64. The fourth-order valence-corrected chi connectivity index (χ4v) is 3.18.